The van der Waals surface area contributed by atoms with Gasteiger partial charge in [-0.2, -0.15) is 0 Å². The first-order chi connectivity index (χ1) is 7.72. The lowest BCUT2D eigenvalue weighted by Crippen LogP contribution is -2.45. The largest absolute Gasteiger partial charge is 0.437 e. The summed E-state index contributed by atoms with van der Waals surface area (Å²) in [5, 5.41) is 0. The van der Waals surface area contributed by atoms with Crippen LogP contribution in [0.3, 0.4) is 0 Å². The Morgan fingerprint density at radius 1 is 1.56 bits per heavy atom. The third kappa shape index (κ3) is 2.11. The van der Waals surface area contributed by atoms with Crippen LogP contribution in [-0.4, -0.2) is 31.6 Å². The molecule has 2 heterocycles. The highest BCUT2D eigenvalue weighted by Gasteiger charge is 2.24. The van der Waals surface area contributed by atoms with Crippen LogP contribution in [0.5, 0.6) is 0 Å². The predicted octanol–water partition coefficient (Wildman–Crippen LogP) is 2.10. The van der Waals surface area contributed by atoms with Crippen LogP contribution in [0.2, 0.25) is 0 Å². The lowest BCUT2D eigenvalue weighted by atomic mass is 10.2. The van der Waals surface area contributed by atoms with Crippen molar-refractivity contribution >= 4 is 11.7 Å². The van der Waals surface area contributed by atoms with Crippen LogP contribution in [0.4, 0.5) is 5.88 Å². The maximum absolute atomic E-state index is 11.2. The first kappa shape index (κ1) is 11.2. The van der Waals surface area contributed by atoms with E-state index in [1.807, 2.05) is 6.07 Å². The van der Waals surface area contributed by atoms with Crippen LogP contribution in [0.1, 0.15) is 30.8 Å². The van der Waals surface area contributed by atoms with E-state index in [-0.39, 0.29) is 5.78 Å². The van der Waals surface area contributed by atoms with Crippen molar-refractivity contribution in [1.29, 1.82) is 0 Å². The molecule has 0 N–H and O–H groups in total. The van der Waals surface area contributed by atoms with Gasteiger partial charge in [-0.25, -0.2) is 0 Å². The zero-order valence-corrected chi connectivity index (χ0v) is 9.73. The standard InChI is InChI=1S/C12H17NO3/c1-3-10-8-15-7-6-13(10)12-5-4-11(16-12)9(2)14/h4-5,10H,3,6-8H2,1-2H3. The summed E-state index contributed by atoms with van der Waals surface area (Å²) < 4.78 is 11.0. The van der Waals surface area contributed by atoms with Crippen LogP contribution in [0.25, 0.3) is 0 Å². The van der Waals surface area contributed by atoms with Gasteiger partial charge in [-0.15, -0.1) is 0 Å². The van der Waals surface area contributed by atoms with Crippen LogP contribution in [-0.2, 0) is 4.74 Å². The molecule has 0 aliphatic carbocycles. The third-order valence-corrected chi connectivity index (χ3v) is 2.92. The van der Waals surface area contributed by atoms with E-state index < -0.39 is 0 Å². The van der Waals surface area contributed by atoms with Gasteiger partial charge in [0.1, 0.15) is 0 Å². The van der Waals surface area contributed by atoms with Gasteiger partial charge in [-0.1, -0.05) is 6.92 Å². The minimum atomic E-state index is -0.0347. The number of ketones is 1. The molecule has 1 aliphatic heterocycles. The van der Waals surface area contributed by atoms with Crippen molar-refractivity contribution in [3.05, 3.63) is 17.9 Å². The molecule has 0 saturated carbocycles. The Labute approximate surface area is 95.2 Å². The van der Waals surface area contributed by atoms with Crippen molar-refractivity contribution in [2.24, 2.45) is 0 Å². The summed E-state index contributed by atoms with van der Waals surface area (Å²) in [5.74, 6) is 1.17. The smallest absolute Gasteiger partial charge is 0.196 e. The topological polar surface area (TPSA) is 42.7 Å². The second-order valence-electron chi connectivity index (χ2n) is 4.02. The highest BCUT2D eigenvalue weighted by molar-refractivity contribution is 5.91. The molecule has 1 fully saturated rings. The van der Waals surface area contributed by atoms with Gasteiger partial charge < -0.3 is 14.1 Å². The zero-order valence-electron chi connectivity index (χ0n) is 9.73. The zero-order chi connectivity index (χ0) is 11.5. The molecule has 16 heavy (non-hydrogen) atoms. The fraction of sp³-hybridized carbons (Fsp3) is 0.583. The highest BCUT2D eigenvalue weighted by atomic mass is 16.5. The second-order valence-corrected chi connectivity index (χ2v) is 4.02. The summed E-state index contributed by atoms with van der Waals surface area (Å²) in [4.78, 5) is 13.3. The van der Waals surface area contributed by atoms with E-state index in [2.05, 4.69) is 11.8 Å². The molecular weight excluding hydrogens is 206 g/mol. The van der Waals surface area contributed by atoms with Gasteiger partial charge in [0.25, 0.3) is 0 Å². The van der Waals surface area contributed by atoms with Crippen molar-refractivity contribution in [2.45, 2.75) is 26.3 Å². The molecular formula is C12H17NO3. The van der Waals surface area contributed by atoms with Gasteiger partial charge >= 0.3 is 0 Å². The molecule has 88 valence electrons. The molecule has 2 rings (SSSR count). The fourth-order valence-electron chi connectivity index (χ4n) is 1.95. The number of furan rings is 1. The lowest BCUT2D eigenvalue weighted by Gasteiger charge is -2.34. The Morgan fingerprint density at radius 2 is 2.38 bits per heavy atom. The quantitative estimate of drug-likeness (QED) is 0.736. The number of carbonyl (C=O) groups is 1. The molecule has 0 radical (unpaired) electrons. The minimum absolute atomic E-state index is 0.0347. The molecule has 0 aromatic carbocycles. The monoisotopic (exact) mass is 223 g/mol. The van der Waals surface area contributed by atoms with E-state index in [4.69, 9.17) is 9.15 Å². The van der Waals surface area contributed by atoms with Gasteiger partial charge in [0.2, 0.25) is 0 Å². The van der Waals surface area contributed by atoms with Gasteiger partial charge in [0, 0.05) is 19.5 Å². The van der Waals surface area contributed by atoms with Gasteiger partial charge in [-0.3, -0.25) is 4.79 Å². The summed E-state index contributed by atoms with van der Waals surface area (Å²) in [6.45, 7) is 5.91. The van der Waals surface area contributed by atoms with Crippen LogP contribution in [0.15, 0.2) is 16.5 Å². The Morgan fingerprint density at radius 3 is 3.00 bits per heavy atom. The molecule has 1 aromatic rings. The third-order valence-electron chi connectivity index (χ3n) is 2.92. The molecule has 4 nitrogen and oxygen atoms in total. The minimum Gasteiger partial charge on any atom is -0.437 e. The first-order valence-electron chi connectivity index (χ1n) is 5.67. The number of anilines is 1. The predicted molar refractivity (Wildman–Crippen MR) is 61.0 cm³/mol. The van der Waals surface area contributed by atoms with Gasteiger partial charge in [-0.05, 0) is 12.5 Å². The fourth-order valence-corrected chi connectivity index (χ4v) is 1.95. The second kappa shape index (κ2) is 4.70. The molecule has 0 spiro atoms. The number of Topliss-reactive ketones (excluding diaryl/α,β-unsaturated/α-hetero) is 1. The first-order valence-corrected chi connectivity index (χ1v) is 5.67. The number of morpholine rings is 1. The van der Waals surface area contributed by atoms with Crippen LogP contribution >= 0.6 is 0 Å². The molecule has 1 aromatic heterocycles. The van der Waals surface area contributed by atoms with Crippen molar-refractivity contribution in [3.63, 3.8) is 0 Å². The van der Waals surface area contributed by atoms with E-state index in [0.29, 0.717) is 18.4 Å². The number of nitrogens with zero attached hydrogens (tertiary/aromatic N) is 1. The molecule has 1 aliphatic rings. The molecule has 1 atom stereocenters. The van der Waals surface area contributed by atoms with E-state index in [9.17, 15) is 4.79 Å². The molecule has 1 unspecified atom stereocenters. The maximum atomic E-state index is 11.2. The SMILES string of the molecule is CCC1COCCN1c1ccc(C(C)=O)o1. The van der Waals surface area contributed by atoms with Crippen molar-refractivity contribution in [2.75, 3.05) is 24.7 Å². The van der Waals surface area contributed by atoms with Gasteiger partial charge in [0.05, 0.1) is 19.3 Å². The van der Waals surface area contributed by atoms with Crippen molar-refractivity contribution < 1.29 is 13.9 Å². The highest BCUT2D eigenvalue weighted by Crippen LogP contribution is 2.24. The Bertz CT molecular complexity index is 372. The maximum Gasteiger partial charge on any atom is 0.196 e. The number of ether oxygens (including phenoxy) is 1. The van der Waals surface area contributed by atoms with E-state index in [0.717, 1.165) is 25.5 Å². The molecule has 0 bridgehead atoms. The van der Waals surface area contributed by atoms with Crippen LogP contribution in [0, 0.1) is 0 Å². The Hall–Kier alpha value is -1.29. The van der Waals surface area contributed by atoms with Gasteiger partial charge in [0.15, 0.2) is 17.4 Å². The van der Waals surface area contributed by atoms with Crippen molar-refractivity contribution in [3.8, 4) is 0 Å². The average molecular weight is 223 g/mol. The lowest BCUT2D eigenvalue weighted by molar-refractivity contribution is 0.0899. The molecule has 0 amide bonds. The number of hydrogen-bond acceptors (Lipinski definition) is 4. The summed E-state index contributed by atoms with van der Waals surface area (Å²) in [6, 6.07) is 3.95. The average Bonchev–Trinajstić information content (AvgIpc) is 2.78. The van der Waals surface area contributed by atoms with Crippen molar-refractivity contribution in [1.82, 2.24) is 0 Å². The Kier molecular flexibility index (Phi) is 3.29. The molecule has 4 heteroatoms. The van der Waals surface area contributed by atoms with E-state index in [1.165, 1.54) is 6.92 Å². The number of rotatable bonds is 3. The Balaban J connectivity index is 2.17. The van der Waals surface area contributed by atoms with E-state index >= 15 is 0 Å². The summed E-state index contributed by atoms with van der Waals surface area (Å²) in [6.07, 6.45) is 1.01. The summed E-state index contributed by atoms with van der Waals surface area (Å²) in [5.41, 5.74) is 0. The normalized spacial score (nSPS) is 21.1. The number of carbonyl (C=O) groups excluding carboxylic acids is 1. The van der Waals surface area contributed by atoms with E-state index in [1.54, 1.807) is 6.07 Å². The summed E-state index contributed by atoms with van der Waals surface area (Å²) >= 11 is 0. The van der Waals surface area contributed by atoms with Crippen LogP contribution < -0.4 is 4.90 Å². The summed E-state index contributed by atoms with van der Waals surface area (Å²) in [7, 11) is 0. The number of hydrogen-bond donors (Lipinski definition) is 0. The molecule has 1 saturated heterocycles.